The fourth-order valence-corrected chi connectivity index (χ4v) is 3.87. The highest BCUT2D eigenvalue weighted by atomic mass is 14.7. The molecule has 0 radical (unpaired) electrons. The first kappa shape index (κ1) is 6.47. The van der Waals surface area contributed by atoms with Crippen LogP contribution in [0, 0.1) is 23.7 Å². The maximum atomic E-state index is 6.04. The van der Waals surface area contributed by atoms with E-state index in [1.165, 1.54) is 32.1 Å². The minimum absolute atomic E-state index is 0.552. The van der Waals surface area contributed by atoms with Crippen LogP contribution >= 0.6 is 0 Å². The Kier molecular flexibility index (Phi) is 1.18. The van der Waals surface area contributed by atoms with Crippen LogP contribution < -0.4 is 5.73 Å². The Morgan fingerprint density at radius 1 is 0.818 bits per heavy atom. The molecule has 3 saturated carbocycles. The molecule has 0 saturated heterocycles. The summed E-state index contributed by atoms with van der Waals surface area (Å²) < 4.78 is 0. The highest BCUT2D eigenvalue weighted by Crippen LogP contribution is 2.57. The maximum Gasteiger partial charge on any atom is 0.00442 e. The highest BCUT2D eigenvalue weighted by molar-refractivity contribution is 5.01. The van der Waals surface area contributed by atoms with Crippen molar-refractivity contribution in [2.24, 2.45) is 29.4 Å². The van der Waals surface area contributed by atoms with E-state index in [1.54, 1.807) is 0 Å². The van der Waals surface area contributed by atoms with Crippen LogP contribution in [0.15, 0.2) is 0 Å². The van der Waals surface area contributed by atoms with Crippen LogP contribution in [0.2, 0.25) is 0 Å². The van der Waals surface area contributed by atoms with Crippen molar-refractivity contribution in [3.8, 4) is 0 Å². The van der Waals surface area contributed by atoms with Crippen molar-refractivity contribution in [2.75, 3.05) is 0 Å². The Labute approximate surface area is 68.3 Å². The fourth-order valence-electron chi connectivity index (χ4n) is 3.87. The van der Waals surface area contributed by atoms with Gasteiger partial charge in [-0.2, -0.15) is 0 Å². The first-order chi connectivity index (χ1) is 5.33. The molecule has 2 unspecified atom stereocenters. The molecule has 3 aliphatic carbocycles. The van der Waals surface area contributed by atoms with Gasteiger partial charge in [0.2, 0.25) is 0 Å². The predicted molar refractivity (Wildman–Crippen MR) is 45.0 cm³/mol. The summed E-state index contributed by atoms with van der Waals surface area (Å²) >= 11 is 0. The third kappa shape index (κ3) is 0.807. The number of nitrogens with two attached hydrogens (primary N) is 1. The second kappa shape index (κ2) is 2.01. The lowest BCUT2D eigenvalue weighted by Crippen LogP contribution is -2.37. The minimum atomic E-state index is 0.552. The molecule has 1 nitrogen and oxygen atoms in total. The molecular weight excluding hydrogens is 134 g/mol. The standard InChI is InChI=1S/C10H17N/c11-9-2-6-1-7-4-8(5-9)10(7)3-6/h6-10H,1-5,11H2/t6-,7?,8+,9+,10?/m1/s1. The van der Waals surface area contributed by atoms with Gasteiger partial charge in [0.1, 0.15) is 0 Å². The molecule has 0 aliphatic heterocycles. The van der Waals surface area contributed by atoms with Gasteiger partial charge in [0.25, 0.3) is 0 Å². The Morgan fingerprint density at radius 3 is 2.55 bits per heavy atom. The summed E-state index contributed by atoms with van der Waals surface area (Å²) in [5, 5.41) is 0. The molecule has 0 aromatic rings. The van der Waals surface area contributed by atoms with E-state index >= 15 is 0 Å². The lowest BCUT2D eigenvalue weighted by Gasteiger charge is -2.42. The van der Waals surface area contributed by atoms with Crippen molar-refractivity contribution in [3.05, 3.63) is 0 Å². The largest absolute Gasteiger partial charge is 0.328 e. The zero-order valence-corrected chi connectivity index (χ0v) is 7.00. The van der Waals surface area contributed by atoms with Gasteiger partial charge in [-0.1, -0.05) is 0 Å². The molecule has 2 N–H and O–H groups in total. The fraction of sp³-hybridized carbons (Fsp3) is 1.00. The van der Waals surface area contributed by atoms with E-state index in [4.69, 9.17) is 5.73 Å². The van der Waals surface area contributed by atoms with Crippen LogP contribution in [0.3, 0.4) is 0 Å². The molecule has 2 bridgehead atoms. The van der Waals surface area contributed by atoms with Gasteiger partial charge >= 0.3 is 0 Å². The van der Waals surface area contributed by atoms with Crippen molar-refractivity contribution in [1.82, 2.24) is 0 Å². The van der Waals surface area contributed by atoms with Crippen LogP contribution in [-0.2, 0) is 0 Å². The van der Waals surface area contributed by atoms with Gasteiger partial charge in [-0.3, -0.25) is 0 Å². The monoisotopic (exact) mass is 151 g/mol. The molecule has 5 atom stereocenters. The van der Waals surface area contributed by atoms with Crippen LogP contribution in [0.4, 0.5) is 0 Å². The summed E-state index contributed by atoms with van der Waals surface area (Å²) in [4.78, 5) is 0. The van der Waals surface area contributed by atoms with Crippen LogP contribution in [0.1, 0.15) is 32.1 Å². The molecule has 0 aromatic carbocycles. The van der Waals surface area contributed by atoms with E-state index < -0.39 is 0 Å². The number of fused-ring (bicyclic) bond motifs is 1. The predicted octanol–water partition coefficient (Wildman–Crippen LogP) is 1.77. The number of rotatable bonds is 0. The maximum absolute atomic E-state index is 6.04. The molecule has 0 aromatic heterocycles. The molecule has 0 spiro atoms. The van der Waals surface area contributed by atoms with E-state index in [1.807, 2.05) is 0 Å². The summed E-state index contributed by atoms with van der Waals surface area (Å²) in [6.45, 7) is 0. The van der Waals surface area contributed by atoms with Crippen LogP contribution in [0.25, 0.3) is 0 Å². The second-order valence-electron chi connectivity index (χ2n) is 4.99. The van der Waals surface area contributed by atoms with Crippen molar-refractivity contribution in [1.29, 1.82) is 0 Å². The molecular formula is C10H17N. The lowest BCUT2D eigenvalue weighted by molar-refractivity contribution is 0.0875. The molecule has 3 aliphatic rings. The van der Waals surface area contributed by atoms with E-state index in [0.29, 0.717) is 6.04 Å². The summed E-state index contributed by atoms with van der Waals surface area (Å²) in [5.74, 6) is 4.32. The first-order valence-corrected chi connectivity index (χ1v) is 5.08. The van der Waals surface area contributed by atoms with Gasteiger partial charge in [-0.05, 0) is 55.8 Å². The Hall–Kier alpha value is -0.0400. The summed E-state index contributed by atoms with van der Waals surface area (Å²) in [6.07, 6.45) is 7.26. The second-order valence-corrected chi connectivity index (χ2v) is 4.99. The third-order valence-electron chi connectivity index (χ3n) is 4.30. The molecule has 1 heteroatoms. The molecule has 3 rings (SSSR count). The van der Waals surface area contributed by atoms with Gasteiger partial charge in [-0.25, -0.2) is 0 Å². The van der Waals surface area contributed by atoms with Gasteiger partial charge in [-0.15, -0.1) is 0 Å². The van der Waals surface area contributed by atoms with Gasteiger partial charge in [0, 0.05) is 6.04 Å². The van der Waals surface area contributed by atoms with Gasteiger partial charge < -0.3 is 5.73 Å². The van der Waals surface area contributed by atoms with E-state index in [2.05, 4.69) is 0 Å². The number of hydrogen-bond donors (Lipinski definition) is 1. The smallest absolute Gasteiger partial charge is 0.00442 e. The Bertz CT molecular complexity index is 172. The van der Waals surface area contributed by atoms with Crippen molar-refractivity contribution >= 4 is 0 Å². The zero-order chi connectivity index (χ0) is 7.42. The van der Waals surface area contributed by atoms with Crippen molar-refractivity contribution in [3.63, 3.8) is 0 Å². The molecule has 62 valence electrons. The van der Waals surface area contributed by atoms with E-state index in [-0.39, 0.29) is 0 Å². The zero-order valence-electron chi connectivity index (χ0n) is 7.00. The van der Waals surface area contributed by atoms with E-state index in [0.717, 1.165) is 23.7 Å². The van der Waals surface area contributed by atoms with Crippen molar-refractivity contribution in [2.45, 2.75) is 38.1 Å². The van der Waals surface area contributed by atoms with Crippen molar-refractivity contribution < 1.29 is 0 Å². The molecule has 0 amide bonds. The summed E-state index contributed by atoms with van der Waals surface area (Å²) in [6, 6.07) is 0.552. The van der Waals surface area contributed by atoms with Crippen LogP contribution in [-0.4, -0.2) is 6.04 Å². The average molecular weight is 151 g/mol. The normalized spacial score (nSPS) is 60.3. The van der Waals surface area contributed by atoms with E-state index in [9.17, 15) is 0 Å². The lowest BCUT2D eigenvalue weighted by atomic mass is 9.64. The Balaban J connectivity index is 1.85. The molecule has 3 fully saturated rings. The van der Waals surface area contributed by atoms with Gasteiger partial charge in [0.15, 0.2) is 0 Å². The average Bonchev–Trinajstić information content (AvgIpc) is 2.14. The van der Waals surface area contributed by atoms with Gasteiger partial charge in [0.05, 0.1) is 0 Å². The summed E-state index contributed by atoms with van der Waals surface area (Å²) in [5.41, 5.74) is 6.04. The highest BCUT2D eigenvalue weighted by Gasteiger charge is 2.49. The Morgan fingerprint density at radius 2 is 1.64 bits per heavy atom. The first-order valence-electron chi connectivity index (χ1n) is 5.08. The molecule has 11 heavy (non-hydrogen) atoms. The quantitative estimate of drug-likeness (QED) is 0.561. The molecule has 0 heterocycles. The van der Waals surface area contributed by atoms with Crippen LogP contribution in [0.5, 0.6) is 0 Å². The SMILES string of the molecule is N[C@H]1C[C@H]2CC3C[C@@H](C1)C3C2. The third-order valence-corrected chi connectivity index (χ3v) is 4.30. The number of hydrogen-bond acceptors (Lipinski definition) is 1. The summed E-state index contributed by atoms with van der Waals surface area (Å²) in [7, 11) is 0. The minimum Gasteiger partial charge on any atom is -0.328 e. The topological polar surface area (TPSA) is 26.0 Å².